The Morgan fingerprint density at radius 1 is 1.25 bits per heavy atom. The monoisotopic (exact) mass is 279 g/mol. The van der Waals surface area contributed by atoms with Crippen LogP contribution >= 0.6 is 0 Å². The minimum Gasteiger partial charge on any atom is -0.478 e. The van der Waals surface area contributed by atoms with Crippen molar-refractivity contribution in [2.24, 2.45) is 0 Å². The van der Waals surface area contributed by atoms with E-state index in [1.165, 1.54) is 4.90 Å². The van der Waals surface area contributed by atoms with Gasteiger partial charge in [0.05, 0.1) is 13.2 Å². The number of hydrogen-bond acceptors (Lipinski definition) is 4. The average Bonchev–Trinajstić information content (AvgIpc) is 2.48. The van der Waals surface area contributed by atoms with Crippen LogP contribution in [0.2, 0.25) is 0 Å². The van der Waals surface area contributed by atoms with Crippen molar-refractivity contribution in [3.63, 3.8) is 0 Å². The number of carbonyl (C=O) groups is 2. The van der Waals surface area contributed by atoms with E-state index in [0.29, 0.717) is 26.3 Å². The largest absolute Gasteiger partial charge is 0.478 e. The number of carboxylic acids is 1. The van der Waals surface area contributed by atoms with Gasteiger partial charge in [-0.15, -0.1) is 0 Å². The van der Waals surface area contributed by atoms with Gasteiger partial charge in [0, 0.05) is 19.5 Å². The fourth-order valence-electron chi connectivity index (χ4n) is 1.95. The molecule has 0 saturated carbocycles. The summed E-state index contributed by atoms with van der Waals surface area (Å²) in [7, 11) is 0. The number of ether oxygens (including phenoxy) is 2. The van der Waals surface area contributed by atoms with E-state index < -0.39 is 18.2 Å². The van der Waals surface area contributed by atoms with E-state index in [2.05, 4.69) is 0 Å². The number of amides is 1. The van der Waals surface area contributed by atoms with Gasteiger partial charge in [0.1, 0.15) is 0 Å². The molecule has 1 amide bonds. The molecule has 1 saturated heterocycles. The second-order valence-electron chi connectivity index (χ2n) is 4.50. The van der Waals surface area contributed by atoms with Crippen LogP contribution in [0.25, 0.3) is 0 Å². The first kappa shape index (κ1) is 14.3. The van der Waals surface area contributed by atoms with E-state index in [1.807, 2.05) is 18.2 Å². The summed E-state index contributed by atoms with van der Waals surface area (Å²) >= 11 is 0. The Hall–Kier alpha value is -2.08. The van der Waals surface area contributed by atoms with Crippen molar-refractivity contribution in [2.45, 2.75) is 12.5 Å². The third kappa shape index (κ3) is 3.96. The zero-order valence-corrected chi connectivity index (χ0v) is 11.0. The lowest BCUT2D eigenvalue weighted by molar-refractivity contribution is -0.147. The lowest BCUT2D eigenvalue weighted by atomic mass is 10.1. The molecule has 1 N–H and O–H groups in total. The smallest absolute Gasteiger partial charge is 0.410 e. The van der Waals surface area contributed by atoms with Crippen molar-refractivity contribution in [1.82, 2.24) is 4.90 Å². The van der Waals surface area contributed by atoms with Gasteiger partial charge in [0.25, 0.3) is 0 Å². The molecular formula is C14H17NO5. The number of carboxylic acid groups (broad SMARTS) is 1. The Kier molecular flexibility index (Phi) is 4.95. The van der Waals surface area contributed by atoms with Crippen LogP contribution in [-0.4, -0.2) is 54.5 Å². The maximum Gasteiger partial charge on any atom is 0.410 e. The van der Waals surface area contributed by atoms with Gasteiger partial charge in [-0.2, -0.15) is 0 Å². The molecule has 0 bridgehead atoms. The third-order valence-corrected chi connectivity index (χ3v) is 3.05. The molecule has 0 unspecified atom stereocenters. The molecule has 1 atom stereocenters. The van der Waals surface area contributed by atoms with Crippen LogP contribution < -0.4 is 0 Å². The molecule has 6 heteroatoms. The molecule has 1 fully saturated rings. The van der Waals surface area contributed by atoms with Crippen molar-refractivity contribution in [1.29, 1.82) is 0 Å². The van der Waals surface area contributed by atoms with Gasteiger partial charge in [-0.25, -0.2) is 9.59 Å². The summed E-state index contributed by atoms with van der Waals surface area (Å²) in [5.41, 5.74) is 0.815. The molecule has 108 valence electrons. The highest BCUT2D eigenvalue weighted by atomic mass is 16.6. The Morgan fingerprint density at radius 2 is 1.90 bits per heavy atom. The lowest BCUT2D eigenvalue weighted by Crippen LogP contribution is -2.43. The zero-order chi connectivity index (χ0) is 14.4. The first-order valence-corrected chi connectivity index (χ1v) is 6.47. The summed E-state index contributed by atoms with van der Waals surface area (Å²) < 4.78 is 10.2. The second-order valence-corrected chi connectivity index (χ2v) is 4.50. The Labute approximate surface area is 116 Å². The van der Waals surface area contributed by atoms with E-state index >= 15 is 0 Å². The summed E-state index contributed by atoms with van der Waals surface area (Å²) in [5.74, 6) is -1.14. The predicted octanol–water partition coefficient (Wildman–Crippen LogP) is 1.15. The molecule has 0 aromatic heterocycles. The number of morpholine rings is 1. The number of carbonyl (C=O) groups excluding carboxylic acids is 1. The van der Waals surface area contributed by atoms with Gasteiger partial charge in [0.2, 0.25) is 6.10 Å². The number of nitrogens with zero attached hydrogens (tertiary/aromatic N) is 1. The standard InChI is InChI=1S/C14H17NO5/c16-13(17)12(10-11-4-2-1-3-5-11)20-14(18)15-6-8-19-9-7-15/h1-5,12H,6-10H2,(H,16,17)/t12-/m0/s1. The van der Waals surface area contributed by atoms with Crippen LogP contribution in [0.1, 0.15) is 5.56 Å². The lowest BCUT2D eigenvalue weighted by Gasteiger charge is -2.27. The van der Waals surface area contributed by atoms with E-state index in [1.54, 1.807) is 12.1 Å². The minimum absolute atomic E-state index is 0.159. The molecule has 20 heavy (non-hydrogen) atoms. The summed E-state index contributed by atoms with van der Waals surface area (Å²) in [4.78, 5) is 24.6. The SMILES string of the molecule is O=C(O)[C@H](Cc1ccccc1)OC(=O)N1CCOCC1. The van der Waals surface area contributed by atoms with Crippen molar-refractivity contribution in [3.05, 3.63) is 35.9 Å². The normalized spacial score (nSPS) is 16.5. The van der Waals surface area contributed by atoms with E-state index in [-0.39, 0.29) is 6.42 Å². The van der Waals surface area contributed by atoms with E-state index in [4.69, 9.17) is 14.6 Å². The molecule has 1 aliphatic rings. The van der Waals surface area contributed by atoms with E-state index in [9.17, 15) is 9.59 Å². The number of benzene rings is 1. The topological polar surface area (TPSA) is 76.1 Å². The molecule has 1 heterocycles. The number of hydrogen-bond donors (Lipinski definition) is 1. The van der Waals surface area contributed by atoms with Crippen LogP contribution in [0.5, 0.6) is 0 Å². The maximum absolute atomic E-state index is 11.9. The van der Waals surface area contributed by atoms with Crippen molar-refractivity contribution in [2.75, 3.05) is 26.3 Å². The summed E-state index contributed by atoms with van der Waals surface area (Å²) in [6.45, 7) is 1.75. The first-order chi connectivity index (χ1) is 9.66. The van der Waals surface area contributed by atoms with Gasteiger partial charge < -0.3 is 19.5 Å². The molecule has 0 radical (unpaired) electrons. The highest BCUT2D eigenvalue weighted by molar-refractivity contribution is 5.77. The summed E-state index contributed by atoms with van der Waals surface area (Å²) in [6, 6.07) is 9.09. The Morgan fingerprint density at radius 3 is 2.50 bits per heavy atom. The Bertz CT molecular complexity index is 456. The van der Waals surface area contributed by atoms with E-state index in [0.717, 1.165) is 5.56 Å². The highest BCUT2D eigenvalue weighted by Crippen LogP contribution is 2.09. The van der Waals surface area contributed by atoms with Gasteiger partial charge in [-0.1, -0.05) is 30.3 Å². The quantitative estimate of drug-likeness (QED) is 0.894. The molecule has 1 aliphatic heterocycles. The van der Waals surface area contributed by atoms with Gasteiger partial charge in [-0.05, 0) is 5.56 Å². The molecule has 0 spiro atoms. The fraction of sp³-hybridized carbons (Fsp3) is 0.429. The summed E-state index contributed by atoms with van der Waals surface area (Å²) in [6.07, 6.45) is -1.61. The van der Waals surface area contributed by atoms with Crippen LogP contribution in [0.3, 0.4) is 0 Å². The molecular weight excluding hydrogens is 262 g/mol. The van der Waals surface area contributed by atoms with Gasteiger partial charge in [-0.3, -0.25) is 0 Å². The fourth-order valence-corrected chi connectivity index (χ4v) is 1.95. The van der Waals surface area contributed by atoms with Crippen molar-refractivity contribution in [3.8, 4) is 0 Å². The van der Waals surface area contributed by atoms with Crippen molar-refractivity contribution >= 4 is 12.1 Å². The molecule has 1 aromatic rings. The second kappa shape index (κ2) is 6.91. The van der Waals surface area contributed by atoms with Crippen molar-refractivity contribution < 1.29 is 24.2 Å². The summed E-state index contributed by atoms with van der Waals surface area (Å²) in [5, 5.41) is 9.16. The zero-order valence-electron chi connectivity index (χ0n) is 11.0. The molecule has 1 aromatic carbocycles. The van der Waals surface area contributed by atoms with Gasteiger partial charge in [0.15, 0.2) is 0 Å². The molecule has 0 aliphatic carbocycles. The minimum atomic E-state index is -1.17. The maximum atomic E-state index is 11.9. The van der Waals surface area contributed by atoms with Crippen LogP contribution in [0, 0.1) is 0 Å². The Balaban J connectivity index is 1.95. The highest BCUT2D eigenvalue weighted by Gasteiger charge is 2.26. The number of aliphatic carboxylic acids is 1. The van der Waals surface area contributed by atoms with Gasteiger partial charge >= 0.3 is 12.1 Å². The first-order valence-electron chi connectivity index (χ1n) is 6.47. The van der Waals surface area contributed by atoms with Crippen LogP contribution in [0.15, 0.2) is 30.3 Å². The molecule has 6 nitrogen and oxygen atoms in total. The number of rotatable bonds is 4. The average molecular weight is 279 g/mol. The predicted molar refractivity (Wildman–Crippen MR) is 70.4 cm³/mol. The van der Waals surface area contributed by atoms with Crippen LogP contribution in [-0.2, 0) is 20.7 Å². The molecule has 2 rings (SSSR count). The third-order valence-electron chi connectivity index (χ3n) is 3.05. The van der Waals surface area contributed by atoms with Crippen LogP contribution in [0.4, 0.5) is 4.79 Å².